The van der Waals surface area contributed by atoms with Gasteiger partial charge in [0.1, 0.15) is 5.75 Å². The first-order valence-corrected chi connectivity index (χ1v) is 5.44. The monoisotopic (exact) mass is 208 g/mol. The van der Waals surface area contributed by atoms with Crippen molar-refractivity contribution in [2.75, 3.05) is 0 Å². The van der Waals surface area contributed by atoms with E-state index in [1.165, 1.54) is 0 Å². The Kier molecular flexibility index (Phi) is 3.75. The molecule has 0 saturated heterocycles. The SMILES string of the molecule is CC(C)c1ccc(C(C)C)c(CO)c1O. The third kappa shape index (κ3) is 2.32. The molecule has 0 aliphatic carbocycles. The molecular weight excluding hydrogens is 188 g/mol. The predicted molar refractivity (Wildman–Crippen MR) is 62.2 cm³/mol. The van der Waals surface area contributed by atoms with Gasteiger partial charge in [-0.1, -0.05) is 39.8 Å². The molecule has 2 nitrogen and oxygen atoms in total. The van der Waals surface area contributed by atoms with Gasteiger partial charge in [0.2, 0.25) is 0 Å². The zero-order valence-electron chi connectivity index (χ0n) is 9.91. The second kappa shape index (κ2) is 4.67. The van der Waals surface area contributed by atoms with Gasteiger partial charge in [-0.15, -0.1) is 0 Å². The normalized spacial score (nSPS) is 11.4. The van der Waals surface area contributed by atoms with Gasteiger partial charge >= 0.3 is 0 Å². The lowest BCUT2D eigenvalue weighted by Crippen LogP contribution is -2.00. The Morgan fingerprint density at radius 2 is 1.47 bits per heavy atom. The second-order valence-electron chi connectivity index (χ2n) is 4.54. The minimum absolute atomic E-state index is 0.0973. The first-order chi connectivity index (χ1) is 6.99. The highest BCUT2D eigenvalue weighted by Gasteiger charge is 2.15. The lowest BCUT2D eigenvalue weighted by molar-refractivity contribution is 0.273. The molecular formula is C13H20O2. The molecule has 2 heteroatoms. The van der Waals surface area contributed by atoms with Crippen LogP contribution in [0.25, 0.3) is 0 Å². The molecule has 15 heavy (non-hydrogen) atoms. The largest absolute Gasteiger partial charge is 0.507 e. The molecule has 0 aromatic heterocycles. The van der Waals surface area contributed by atoms with E-state index in [0.717, 1.165) is 11.1 Å². The summed E-state index contributed by atoms with van der Waals surface area (Å²) in [6, 6.07) is 3.96. The number of benzene rings is 1. The van der Waals surface area contributed by atoms with E-state index in [4.69, 9.17) is 0 Å². The maximum absolute atomic E-state index is 10.0. The average molecular weight is 208 g/mol. The van der Waals surface area contributed by atoms with Crippen LogP contribution in [0.15, 0.2) is 12.1 Å². The second-order valence-corrected chi connectivity index (χ2v) is 4.54. The fourth-order valence-electron chi connectivity index (χ4n) is 1.84. The molecule has 84 valence electrons. The number of hydrogen-bond donors (Lipinski definition) is 2. The molecule has 0 heterocycles. The summed E-state index contributed by atoms with van der Waals surface area (Å²) in [6.45, 7) is 8.09. The molecule has 0 radical (unpaired) electrons. The van der Waals surface area contributed by atoms with Gasteiger partial charge in [0, 0.05) is 5.56 Å². The van der Waals surface area contributed by atoms with E-state index in [9.17, 15) is 10.2 Å². The van der Waals surface area contributed by atoms with Crippen LogP contribution in [0, 0.1) is 0 Å². The van der Waals surface area contributed by atoms with Crippen molar-refractivity contribution in [1.82, 2.24) is 0 Å². The Labute approximate surface area is 91.6 Å². The standard InChI is InChI=1S/C13H20O2/c1-8(2)10-5-6-11(9(3)4)13(15)12(10)7-14/h5-6,8-9,14-15H,7H2,1-4H3. The van der Waals surface area contributed by atoms with Crippen molar-refractivity contribution in [3.05, 3.63) is 28.8 Å². The van der Waals surface area contributed by atoms with Crippen LogP contribution >= 0.6 is 0 Å². The van der Waals surface area contributed by atoms with E-state index in [1.807, 2.05) is 26.0 Å². The lowest BCUT2D eigenvalue weighted by Gasteiger charge is -2.17. The van der Waals surface area contributed by atoms with Crippen molar-refractivity contribution in [2.24, 2.45) is 0 Å². The Bertz CT molecular complexity index is 341. The zero-order chi connectivity index (χ0) is 11.6. The van der Waals surface area contributed by atoms with Crippen LogP contribution in [-0.4, -0.2) is 10.2 Å². The van der Waals surface area contributed by atoms with Crippen LogP contribution in [0.5, 0.6) is 5.75 Å². The topological polar surface area (TPSA) is 40.5 Å². The Morgan fingerprint density at radius 1 is 1.00 bits per heavy atom. The smallest absolute Gasteiger partial charge is 0.124 e. The van der Waals surface area contributed by atoms with Crippen LogP contribution in [-0.2, 0) is 6.61 Å². The van der Waals surface area contributed by atoms with Crippen molar-refractivity contribution in [2.45, 2.75) is 46.1 Å². The molecule has 0 unspecified atom stereocenters. The highest BCUT2D eigenvalue weighted by Crippen LogP contribution is 2.34. The van der Waals surface area contributed by atoms with Gasteiger partial charge in [-0.05, 0) is 23.0 Å². The van der Waals surface area contributed by atoms with E-state index < -0.39 is 0 Å². The van der Waals surface area contributed by atoms with E-state index in [1.54, 1.807) is 0 Å². The van der Waals surface area contributed by atoms with Crippen LogP contribution < -0.4 is 0 Å². The van der Waals surface area contributed by atoms with Crippen LogP contribution in [0.2, 0.25) is 0 Å². The third-order valence-electron chi connectivity index (χ3n) is 2.75. The van der Waals surface area contributed by atoms with Crippen LogP contribution in [0.3, 0.4) is 0 Å². The van der Waals surface area contributed by atoms with Crippen LogP contribution in [0.4, 0.5) is 0 Å². The summed E-state index contributed by atoms with van der Waals surface area (Å²) < 4.78 is 0. The van der Waals surface area contributed by atoms with Crippen molar-refractivity contribution >= 4 is 0 Å². The minimum atomic E-state index is -0.0973. The summed E-state index contributed by atoms with van der Waals surface area (Å²) in [4.78, 5) is 0. The first kappa shape index (κ1) is 12.1. The summed E-state index contributed by atoms with van der Waals surface area (Å²) >= 11 is 0. The average Bonchev–Trinajstić information content (AvgIpc) is 2.16. The van der Waals surface area contributed by atoms with Gasteiger partial charge in [0.15, 0.2) is 0 Å². The number of hydrogen-bond acceptors (Lipinski definition) is 2. The lowest BCUT2D eigenvalue weighted by atomic mass is 9.91. The summed E-state index contributed by atoms with van der Waals surface area (Å²) in [7, 11) is 0. The molecule has 1 rings (SSSR count). The van der Waals surface area contributed by atoms with Crippen LogP contribution in [0.1, 0.15) is 56.2 Å². The number of aliphatic hydroxyl groups is 1. The van der Waals surface area contributed by atoms with Gasteiger partial charge in [0.25, 0.3) is 0 Å². The number of phenols is 1. The molecule has 0 amide bonds. The van der Waals surface area contributed by atoms with Gasteiger partial charge in [-0.3, -0.25) is 0 Å². The Hall–Kier alpha value is -1.02. The molecule has 2 N–H and O–H groups in total. The first-order valence-electron chi connectivity index (χ1n) is 5.44. The predicted octanol–water partition coefficient (Wildman–Crippen LogP) is 3.13. The van der Waals surface area contributed by atoms with Gasteiger partial charge in [-0.25, -0.2) is 0 Å². The Balaban J connectivity index is 3.32. The fourth-order valence-corrected chi connectivity index (χ4v) is 1.84. The molecule has 0 saturated carbocycles. The molecule has 1 aromatic rings. The fraction of sp³-hybridized carbons (Fsp3) is 0.538. The molecule has 0 spiro atoms. The highest BCUT2D eigenvalue weighted by atomic mass is 16.3. The summed E-state index contributed by atoms with van der Waals surface area (Å²) in [5.74, 6) is 0.856. The molecule has 0 fully saturated rings. The molecule has 1 aromatic carbocycles. The van der Waals surface area contributed by atoms with Gasteiger partial charge < -0.3 is 10.2 Å². The van der Waals surface area contributed by atoms with E-state index in [0.29, 0.717) is 11.5 Å². The quantitative estimate of drug-likeness (QED) is 0.801. The highest BCUT2D eigenvalue weighted by molar-refractivity contribution is 5.47. The Morgan fingerprint density at radius 3 is 1.87 bits per heavy atom. The zero-order valence-corrected chi connectivity index (χ0v) is 9.91. The molecule has 0 aliphatic heterocycles. The van der Waals surface area contributed by atoms with Crippen molar-refractivity contribution < 1.29 is 10.2 Å². The third-order valence-corrected chi connectivity index (χ3v) is 2.75. The maximum Gasteiger partial charge on any atom is 0.124 e. The minimum Gasteiger partial charge on any atom is -0.507 e. The van der Waals surface area contributed by atoms with E-state index in [-0.39, 0.29) is 18.3 Å². The molecule has 0 atom stereocenters. The van der Waals surface area contributed by atoms with E-state index in [2.05, 4.69) is 13.8 Å². The molecule has 0 bridgehead atoms. The summed E-state index contributed by atoms with van der Waals surface area (Å²) in [5.41, 5.74) is 2.61. The molecule has 0 aliphatic rings. The van der Waals surface area contributed by atoms with Gasteiger partial charge in [0.05, 0.1) is 6.61 Å². The van der Waals surface area contributed by atoms with Crippen molar-refractivity contribution in [3.8, 4) is 5.75 Å². The van der Waals surface area contributed by atoms with Crippen molar-refractivity contribution in [3.63, 3.8) is 0 Å². The summed E-state index contributed by atoms with van der Waals surface area (Å²) in [5, 5.41) is 19.3. The maximum atomic E-state index is 10.0. The number of aromatic hydroxyl groups is 1. The summed E-state index contributed by atoms with van der Waals surface area (Å²) in [6.07, 6.45) is 0. The van der Waals surface area contributed by atoms with Gasteiger partial charge in [-0.2, -0.15) is 0 Å². The van der Waals surface area contributed by atoms with E-state index >= 15 is 0 Å². The number of rotatable bonds is 3. The van der Waals surface area contributed by atoms with Crippen molar-refractivity contribution in [1.29, 1.82) is 0 Å². The number of aliphatic hydroxyl groups excluding tert-OH is 1.